The maximum absolute atomic E-state index is 12.8. The molecule has 1 fully saturated rings. The van der Waals surface area contributed by atoms with Crippen LogP contribution in [0.2, 0.25) is 0 Å². The number of nitrogens with zero attached hydrogens (tertiary/aromatic N) is 2. The Morgan fingerprint density at radius 3 is 2.65 bits per heavy atom. The van der Waals surface area contributed by atoms with Gasteiger partial charge < -0.3 is 5.32 Å². The van der Waals surface area contributed by atoms with Crippen LogP contribution in [-0.2, 0) is 10.0 Å². The molecule has 0 spiro atoms. The minimum atomic E-state index is -3.49. The summed E-state index contributed by atoms with van der Waals surface area (Å²) in [4.78, 5) is 16.4. The Kier molecular flexibility index (Phi) is 5.74. The van der Waals surface area contributed by atoms with Gasteiger partial charge >= 0.3 is 0 Å². The average molecular weight is 438 g/mol. The molecule has 1 atom stereocenters. The fourth-order valence-corrected chi connectivity index (χ4v) is 4.93. The van der Waals surface area contributed by atoms with Gasteiger partial charge in [-0.1, -0.05) is 6.92 Å². The maximum atomic E-state index is 12.8. The molecule has 26 heavy (non-hydrogen) atoms. The zero-order chi connectivity index (χ0) is 18.7. The summed E-state index contributed by atoms with van der Waals surface area (Å²) in [7, 11) is -3.49. The van der Waals surface area contributed by atoms with Gasteiger partial charge in [-0.05, 0) is 65.0 Å². The van der Waals surface area contributed by atoms with Crippen LogP contribution >= 0.6 is 15.9 Å². The van der Waals surface area contributed by atoms with E-state index in [9.17, 15) is 13.2 Å². The van der Waals surface area contributed by atoms with Gasteiger partial charge in [0.05, 0.1) is 10.5 Å². The maximum Gasteiger partial charge on any atom is 0.257 e. The number of benzene rings is 1. The highest BCUT2D eigenvalue weighted by Gasteiger charge is 2.28. The molecular weight excluding hydrogens is 418 g/mol. The SMILES string of the molecule is CC1CCCN(S(=O)(=O)c2ccc(NC(=O)c3cncc(Br)c3)cc2)C1. The largest absolute Gasteiger partial charge is 0.322 e. The molecule has 2 heterocycles. The van der Waals surface area contributed by atoms with Gasteiger partial charge in [-0.2, -0.15) is 4.31 Å². The molecule has 1 aliphatic heterocycles. The van der Waals surface area contributed by atoms with Crippen LogP contribution < -0.4 is 5.32 Å². The number of carbonyl (C=O) groups is 1. The number of nitrogens with one attached hydrogen (secondary N) is 1. The van der Waals surface area contributed by atoms with Crippen molar-refractivity contribution < 1.29 is 13.2 Å². The first-order chi connectivity index (χ1) is 12.4. The lowest BCUT2D eigenvalue weighted by Crippen LogP contribution is -2.39. The molecule has 1 saturated heterocycles. The molecule has 2 aromatic rings. The van der Waals surface area contributed by atoms with Crippen LogP contribution in [0.1, 0.15) is 30.1 Å². The van der Waals surface area contributed by atoms with Crippen molar-refractivity contribution in [1.29, 1.82) is 0 Å². The van der Waals surface area contributed by atoms with E-state index in [4.69, 9.17) is 0 Å². The third kappa shape index (κ3) is 4.31. The van der Waals surface area contributed by atoms with Crippen molar-refractivity contribution in [3.05, 3.63) is 52.8 Å². The van der Waals surface area contributed by atoms with Gasteiger partial charge in [-0.3, -0.25) is 9.78 Å². The highest BCUT2D eigenvalue weighted by atomic mass is 79.9. The Hall–Kier alpha value is -1.77. The highest BCUT2D eigenvalue weighted by molar-refractivity contribution is 9.10. The van der Waals surface area contributed by atoms with E-state index in [0.717, 1.165) is 12.8 Å². The molecule has 1 aromatic carbocycles. The lowest BCUT2D eigenvalue weighted by Gasteiger charge is -2.30. The number of sulfonamides is 1. The quantitative estimate of drug-likeness (QED) is 0.793. The van der Waals surface area contributed by atoms with E-state index in [0.29, 0.717) is 34.7 Å². The van der Waals surface area contributed by atoms with Crippen LogP contribution in [0.5, 0.6) is 0 Å². The monoisotopic (exact) mass is 437 g/mol. The van der Waals surface area contributed by atoms with Crippen LogP contribution in [0.15, 0.2) is 52.1 Å². The summed E-state index contributed by atoms with van der Waals surface area (Å²) in [6.07, 6.45) is 5.00. The van der Waals surface area contributed by atoms with Crippen LogP contribution in [0.4, 0.5) is 5.69 Å². The normalized spacial score (nSPS) is 18.5. The summed E-state index contributed by atoms with van der Waals surface area (Å²) >= 11 is 3.28. The fraction of sp³-hybridized carbons (Fsp3) is 0.333. The number of aromatic nitrogens is 1. The predicted molar refractivity (Wildman–Crippen MR) is 103 cm³/mol. The van der Waals surface area contributed by atoms with Crippen LogP contribution in [0, 0.1) is 5.92 Å². The molecule has 0 bridgehead atoms. The number of carbonyl (C=O) groups excluding carboxylic acids is 1. The summed E-state index contributed by atoms with van der Waals surface area (Å²) < 4.78 is 27.8. The zero-order valence-corrected chi connectivity index (χ0v) is 16.8. The molecule has 8 heteroatoms. The van der Waals surface area contributed by atoms with Gasteiger partial charge in [0.15, 0.2) is 0 Å². The molecule has 3 rings (SSSR count). The number of amides is 1. The second-order valence-electron chi connectivity index (χ2n) is 6.48. The lowest BCUT2D eigenvalue weighted by atomic mass is 10.0. The van der Waals surface area contributed by atoms with Crippen molar-refractivity contribution in [2.75, 3.05) is 18.4 Å². The van der Waals surface area contributed by atoms with E-state index in [-0.39, 0.29) is 10.8 Å². The second kappa shape index (κ2) is 7.85. The molecular formula is C18H20BrN3O3S. The van der Waals surface area contributed by atoms with E-state index in [1.165, 1.54) is 18.3 Å². The Bertz CT molecular complexity index is 900. The molecule has 0 saturated carbocycles. The van der Waals surface area contributed by atoms with Crippen LogP contribution in [0.3, 0.4) is 0 Å². The smallest absolute Gasteiger partial charge is 0.257 e. The first kappa shape index (κ1) is 19.0. The van der Waals surface area contributed by atoms with E-state index >= 15 is 0 Å². The van der Waals surface area contributed by atoms with Crippen LogP contribution in [0.25, 0.3) is 0 Å². The van der Waals surface area contributed by atoms with Gasteiger partial charge in [-0.25, -0.2) is 8.42 Å². The average Bonchev–Trinajstić information content (AvgIpc) is 2.62. The second-order valence-corrected chi connectivity index (χ2v) is 9.33. The number of hydrogen-bond donors (Lipinski definition) is 1. The summed E-state index contributed by atoms with van der Waals surface area (Å²) in [6, 6.07) is 7.93. The predicted octanol–water partition coefficient (Wildman–Crippen LogP) is 3.52. The highest BCUT2D eigenvalue weighted by Crippen LogP contribution is 2.24. The van der Waals surface area contributed by atoms with Gasteiger partial charge in [0.25, 0.3) is 5.91 Å². The number of pyridine rings is 1. The number of anilines is 1. The van der Waals surface area contributed by atoms with E-state index in [2.05, 4.69) is 33.2 Å². The van der Waals surface area contributed by atoms with Crippen molar-refractivity contribution in [2.24, 2.45) is 5.92 Å². The number of piperidine rings is 1. The summed E-state index contributed by atoms with van der Waals surface area (Å²) in [5, 5.41) is 2.74. The van der Waals surface area contributed by atoms with Crippen LogP contribution in [-0.4, -0.2) is 36.7 Å². The summed E-state index contributed by atoms with van der Waals surface area (Å²) in [6.45, 7) is 3.18. The van der Waals surface area contributed by atoms with Gasteiger partial charge in [-0.15, -0.1) is 0 Å². The lowest BCUT2D eigenvalue weighted by molar-refractivity contribution is 0.102. The Balaban J connectivity index is 1.73. The zero-order valence-electron chi connectivity index (χ0n) is 14.4. The van der Waals surface area contributed by atoms with E-state index in [1.54, 1.807) is 28.7 Å². The number of halogens is 1. The van der Waals surface area contributed by atoms with E-state index in [1.807, 2.05) is 0 Å². The van der Waals surface area contributed by atoms with Crippen molar-refractivity contribution in [1.82, 2.24) is 9.29 Å². The van der Waals surface area contributed by atoms with Gasteiger partial charge in [0, 0.05) is 35.6 Å². The van der Waals surface area contributed by atoms with Crippen molar-refractivity contribution >= 4 is 37.5 Å². The van der Waals surface area contributed by atoms with Crippen molar-refractivity contribution in [3.8, 4) is 0 Å². The van der Waals surface area contributed by atoms with Gasteiger partial charge in [0.2, 0.25) is 10.0 Å². The molecule has 138 valence electrons. The van der Waals surface area contributed by atoms with Crippen molar-refractivity contribution in [3.63, 3.8) is 0 Å². The third-order valence-electron chi connectivity index (χ3n) is 4.34. The number of hydrogen-bond acceptors (Lipinski definition) is 4. The van der Waals surface area contributed by atoms with E-state index < -0.39 is 10.0 Å². The Labute approximate surface area is 161 Å². The Morgan fingerprint density at radius 2 is 2.00 bits per heavy atom. The molecule has 0 aliphatic carbocycles. The molecule has 1 aliphatic rings. The fourth-order valence-electron chi connectivity index (χ4n) is 2.96. The third-order valence-corrected chi connectivity index (χ3v) is 6.65. The first-order valence-corrected chi connectivity index (χ1v) is 10.6. The standard InChI is InChI=1S/C18H20BrN3O3S/c1-13-3-2-8-22(12-13)26(24,25)17-6-4-16(5-7-17)21-18(23)14-9-15(19)11-20-10-14/h4-7,9-11,13H,2-3,8,12H2,1H3,(H,21,23). The summed E-state index contributed by atoms with van der Waals surface area (Å²) in [5.74, 6) is 0.0650. The molecule has 0 radical (unpaired) electrons. The molecule has 6 nitrogen and oxygen atoms in total. The molecule has 1 unspecified atom stereocenters. The topological polar surface area (TPSA) is 79.4 Å². The minimum Gasteiger partial charge on any atom is -0.322 e. The Morgan fingerprint density at radius 1 is 1.27 bits per heavy atom. The number of rotatable bonds is 4. The van der Waals surface area contributed by atoms with Crippen molar-refractivity contribution in [2.45, 2.75) is 24.7 Å². The first-order valence-electron chi connectivity index (χ1n) is 8.38. The molecule has 1 amide bonds. The summed E-state index contributed by atoms with van der Waals surface area (Å²) in [5.41, 5.74) is 0.944. The van der Waals surface area contributed by atoms with Gasteiger partial charge in [0.1, 0.15) is 0 Å². The molecule has 1 aromatic heterocycles. The minimum absolute atomic E-state index is 0.244. The molecule has 1 N–H and O–H groups in total.